The number of rotatable bonds is 7. The van der Waals surface area contributed by atoms with Crippen molar-refractivity contribution in [3.8, 4) is 0 Å². The van der Waals surface area contributed by atoms with Crippen LogP contribution >= 0.6 is 11.3 Å². The van der Waals surface area contributed by atoms with Crippen LogP contribution in [0.4, 0.5) is 5.69 Å². The number of carbonyl (C=O) groups excluding carboxylic acids is 1. The van der Waals surface area contributed by atoms with E-state index in [-0.39, 0.29) is 18.5 Å². The predicted molar refractivity (Wildman–Crippen MR) is 132 cm³/mol. The Morgan fingerprint density at radius 3 is 2.28 bits per heavy atom. The van der Waals surface area contributed by atoms with Crippen LogP contribution < -0.4 is 9.62 Å². The number of carbonyl (C=O) groups is 1. The Morgan fingerprint density at radius 1 is 0.969 bits per heavy atom. The zero-order valence-electron chi connectivity index (χ0n) is 17.9. The molecule has 5 nitrogen and oxygen atoms in total. The van der Waals surface area contributed by atoms with Crippen LogP contribution in [0, 0.1) is 0 Å². The normalized spacial score (nSPS) is 12.4. The first kappa shape index (κ1) is 22.0. The minimum Gasteiger partial charge on any atom is -0.345 e. The topological polar surface area (TPSA) is 66.5 Å². The molecule has 4 aromatic rings. The number of amides is 1. The van der Waals surface area contributed by atoms with E-state index < -0.39 is 10.0 Å². The molecule has 0 unspecified atom stereocenters. The molecule has 32 heavy (non-hydrogen) atoms. The van der Waals surface area contributed by atoms with Crippen LogP contribution in [0.2, 0.25) is 0 Å². The maximum atomic E-state index is 12.8. The highest BCUT2D eigenvalue weighted by atomic mass is 32.2. The van der Waals surface area contributed by atoms with Gasteiger partial charge in [0.2, 0.25) is 10.0 Å². The molecule has 0 bridgehead atoms. The maximum Gasteiger partial charge on any atom is 0.261 e. The highest BCUT2D eigenvalue weighted by molar-refractivity contribution is 7.92. The highest BCUT2D eigenvalue weighted by Crippen LogP contribution is 2.31. The summed E-state index contributed by atoms with van der Waals surface area (Å²) in [5.41, 5.74) is 2.51. The van der Waals surface area contributed by atoms with Crippen molar-refractivity contribution in [1.82, 2.24) is 5.32 Å². The molecule has 0 saturated heterocycles. The van der Waals surface area contributed by atoms with E-state index in [1.54, 1.807) is 6.07 Å². The number of thiophene rings is 1. The van der Waals surface area contributed by atoms with E-state index in [0.717, 1.165) is 21.2 Å². The Labute approximate surface area is 192 Å². The van der Waals surface area contributed by atoms with Crippen LogP contribution in [0.1, 0.15) is 33.8 Å². The van der Waals surface area contributed by atoms with Crippen molar-refractivity contribution in [2.24, 2.45) is 0 Å². The molecule has 0 aliphatic heterocycles. The van der Waals surface area contributed by atoms with Gasteiger partial charge in [-0.15, -0.1) is 11.3 Å². The summed E-state index contributed by atoms with van der Waals surface area (Å²) in [6.45, 7) is 2.20. The molecular weight excluding hydrogens is 440 g/mol. The lowest BCUT2D eigenvalue weighted by atomic mass is 10.1. The first-order valence-corrected chi connectivity index (χ1v) is 12.9. The van der Waals surface area contributed by atoms with Gasteiger partial charge in [0.15, 0.2) is 0 Å². The fourth-order valence-corrected chi connectivity index (χ4v) is 5.37. The average molecular weight is 465 g/mol. The Hall–Kier alpha value is -3.16. The monoisotopic (exact) mass is 464 g/mol. The molecule has 1 aromatic heterocycles. The first-order valence-electron chi connectivity index (χ1n) is 10.2. The predicted octanol–water partition coefficient (Wildman–Crippen LogP) is 5.36. The molecule has 0 spiro atoms. The van der Waals surface area contributed by atoms with E-state index in [0.29, 0.717) is 10.6 Å². The number of fused-ring (bicyclic) bond motifs is 1. The summed E-state index contributed by atoms with van der Waals surface area (Å²) in [7, 11) is -3.48. The molecule has 3 aromatic carbocycles. The van der Waals surface area contributed by atoms with Crippen molar-refractivity contribution in [1.29, 1.82) is 0 Å². The second-order valence-corrected chi connectivity index (χ2v) is 10.7. The smallest absolute Gasteiger partial charge is 0.261 e. The maximum absolute atomic E-state index is 12.8. The summed E-state index contributed by atoms with van der Waals surface area (Å²) in [4.78, 5) is 13.4. The van der Waals surface area contributed by atoms with Crippen molar-refractivity contribution in [3.05, 3.63) is 101 Å². The second kappa shape index (κ2) is 9.14. The van der Waals surface area contributed by atoms with E-state index in [4.69, 9.17) is 0 Å². The molecule has 1 amide bonds. The van der Waals surface area contributed by atoms with Crippen LogP contribution in [0.5, 0.6) is 0 Å². The van der Waals surface area contributed by atoms with Gasteiger partial charge in [0.05, 0.1) is 29.4 Å². The molecule has 4 rings (SSSR count). The van der Waals surface area contributed by atoms with Gasteiger partial charge in [-0.1, -0.05) is 60.7 Å². The molecule has 0 aliphatic rings. The Bertz CT molecular complexity index is 1330. The number of benzene rings is 3. The van der Waals surface area contributed by atoms with Gasteiger partial charge < -0.3 is 5.32 Å². The van der Waals surface area contributed by atoms with Gasteiger partial charge in [0.1, 0.15) is 0 Å². The lowest BCUT2D eigenvalue weighted by Gasteiger charge is -2.22. The average Bonchev–Trinajstić information content (AvgIpc) is 3.21. The summed E-state index contributed by atoms with van der Waals surface area (Å²) in [5.74, 6) is -0.145. The summed E-state index contributed by atoms with van der Waals surface area (Å²) in [6, 6.07) is 26.5. The van der Waals surface area contributed by atoms with Crippen LogP contribution in [-0.2, 0) is 16.6 Å². The van der Waals surface area contributed by atoms with Crippen molar-refractivity contribution >= 4 is 43.0 Å². The molecule has 164 valence electrons. The van der Waals surface area contributed by atoms with Crippen LogP contribution in [0.15, 0.2) is 84.9 Å². The fraction of sp³-hybridized carbons (Fsp3) is 0.160. The van der Waals surface area contributed by atoms with Crippen molar-refractivity contribution < 1.29 is 13.2 Å². The lowest BCUT2D eigenvalue weighted by molar-refractivity contribution is 0.0944. The van der Waals surface area contributed by atoms with Crippen molar-refractivity contribution in [3.63, 3.8) is 0 Å². The van der Waals surface area contributed by atoms with Gasteiger partial charge in [-0.05, 0) is 47.7 Å². The summed E-state index contributed by atoms with van der Waals surface area (Å²) < 4.78 is 27.3. The highest BCUT2D eigenvalue weighted by Gasteiger charge is 2.20. The number of hydrogen-bond donors (Lipinski definition) is 1. The van der Waals surface area contributed by atoms with Gasteiger partial charge in [-0.3, -0.25) is 9.10 Å². The standard InChI is InChI=1S/C25H24N2O3S2/c1-18(20-11-7-4-8-12-20)26-25(28)24-16-21-15-22(13-14-23(21)31-24)27(32(2,29)30)17-19-9-5-3-6-10-19/h3-16,18H,17H2,1-2H3,(H,26,28)/t18-/m0/s1. The second-order valence-electron chi connectivity index (χ2n) is 7.69. The number of sulfonamides is 1. The SMILES string of the molecule is C[C@H](NC(=O)c1cc2cc(N(Cc3ccccc3)S(C)(=O)=O)ccc2s1)c1ccccc1. The zero-order valence-corrected chi connectivity index (χ0v) is 19.5. The fourth-order valence-electron chi connectivity index (χ4n) is 3.54. The molecule has 1 N–H and O–H groups in total. The third kappa shape index (κ3) is 5.00. The van der Waals surface area contributed by atoms with Crippen LogP contribution in [0.25, 0.3) is 10.1 Å². The third-order valence-electron chi connectivity index (χ3n) is 5.23. The summed E-state index contributed by atoms with van der Waals surface area (Å²) in [6.07, 6.45) is 1.21. The summed E-state index contributed by atoms with van der Waals surface area (Å²) >= 11 is 1.39. The first-order chi connectivity index (χ1) is 15.3. The molecule has 7 heteroatoms. The van der Waals surface area contributed by atoms with E-state index in [2.05, 4.69) is 5.32 Å². The Kier molecular flexibility index (Phi) is 6.30. The molecule has 1 heterocycles. The number of nitrogens with zero attached hydrogens (tertiary/aromatic N) is 1. The van der Waals surface area contributed by atoms with Crippen LogP contribution in [0.3, 0.4) is 0 Å². The molecule has 0 saturated carbocycles. The molecular formula is C25H24N2O3S2. The number of nitrogens with one attached hydrogen (secondary N) is 1. The third-order valence-corrected chi connectivity index (χ3v) is 7.48. The number of hydrogen-bond acceptors (Lipinski definition) is 4. The molecule has 0 aliphatic carbocycles. The lowest BCUT2D eigenvalue weighted by Crippen LogP contribution is -2.29. The minimum absolute atomic E-state index is 0.115. The Morgan fingerprint density at radius 2 is 1.62 bits per heavy atom. The molecule has 0 radical (unpaired) electrons. The molecule has 1 atom stereocenters. The van der Waals surface area contributed by atoms with Gasteiger partial charge in [0.25, 0.3) is 5.91 Å². The van der Waals surface area contributed by atoms with E-state index >= 15 is 0 Å². The van der Waals surface area contributed by atoms with Crippen molar-refractivity contribution in [2.45, 2.75) is 19.5 Å². The zero-order chi connectivity index (χ0) is 22.7. The van der Waals surface area contributed by atoms with E-state index in [9.17, 15) is 13.2 Å². The Balaban J connectivity index is 1.59. The van der Waals surface area contributed by atoms with Crippen molar-refractivity contribution in [2.75, 3.05) is 10.6 Å². The van der Waals surface area contributed by atoms with Gasteiger partial charge in [0, 0.05) is 4.70 Å². The quantitative estimate of drug-likeness (QED) is 0.400. The number of anilines is 1. The summed E-state index contributed by atoms with van der Waals surface area (Å²) in [5, 5.41) is 3.87. The van der Waals surface area contributed by atoms with E-state index in [1.807, 2.05) is 85.8 Å². The largest absolute Gasteiger partial charge is 0.345 e. The molecule has 0 fully saturated rings. The van der Waals surface area contributed by atoms with E-state index in [1.165, 1.54) is 21.9 Å². The minimum atomic E-state index is -3.48. The van der Waals surface area contributed by atoms with Gasteiger partial charge >= 0.3 is 0 Å². The van der Waals surface area contributed by atoms with Crippen LogP contribution in [-0.4, -0.2) is 20.6 Å². The van der Waals surface area contributed by atoms with Gasteiger partial charge in [-0.25, -0.2) is 8.42 Å². The van der Waals surface area contributed by atoms with Gasteiger partial charge in [-0.2, -0.15) is 0 Å².